The van der Waals surface area contributed by atoms with Crippen LogP contribution in [0.25, 0.3) is 6.08 Å². The number of ketones is 1. The summed E-state index contributed by atoms with van der Waals surface area (Å²) in [4.78, 5) is 66.5. The zero-order chi connectivity index (χ0) is 34.8. The molecule has 3 aliphatic rings. The van der Waals surface area contributed by atoms with E-state index in [0.717, 1.165) is 5.56 Å². The van der Waals surface area contributed by atoms with E-state index in [2.05, 4.69) is 0 Å². The smallest absolute Gasteiger partial charge is 0.321 e. The number of hydrogen-bond acceptors (Lipinski definition) is 11. The van der Waals surface area contributed by atoms with Crippen LogP contribution in [0.15, 0.2) is 103 Å². The van der Waals surface area contributed by atoms with Crippen LogP contribution in [0.5, 0.6) is 11.5 Å². The van der Waals surface area contributed by atoms with E-state index in [0.29, 0.717) is 39.3 Å². The van der Waals surface area contributed by atoms with Crippen LogP contribution in [0.3, 0.4) is 0 Å². The lowest BCUT2D eigenvalue weighted by molar-refractivity contribution is -0.270. The van der Waals surface area contributed by atoms with Crippen LogP contribution in [-0.4, -0.2) is 41.7 Å². The minimum absolute atomic E-state index is 0.0952. The molecule has 252 valence electrons. The van der Waals surface area contributed by atoms with Crippen LogP contribution in [0.1, 0.15) is 69.0 Å². The van der Waals surface area contributed by atoms with Gasteiger partial charge in [-0.15, -0.1) is 0 Å². The predicted molar refractivity (Wildman–Crippen MR) is 175 cm³/mol. The highest BCUT2D eigenvalue weighted by Gasteiger charge is 2.53. The lowest BCUT2D eigenvalue weighted by Gasteiger charge is -2.33. The highest BCUT2D eigenvalue weighted by atomic mass is 17.1. The van der Waals surface area contributed by atoms with Gasteiger partial charge in [-0.05, 0) is 70.5 Å². The Morgan fingerprint density at radius 2 is 1.40 bits per heavy atom. The van der Waals surface area contributed by atoms with Gasteiger partial charge in [0, 0.05) is 5.56 Å². The summed E-state index contributed by atoms with van der Waals surface area (Å²) in [7, 11) is 0. The summed E-state index contributed by atoms with van der Waals surface area (Å²) in [6.07, 6.45) is 2.56. The van der Waals surface area contributed by atoms with E-state index in [1.165, 1.54) is 6.08 Å². The maximum Gasteiger partial charge on any atom is 0.321 e. The van der Waals surface area contributed by atoms with Crippen molar-refractivity contribution in [1.29, 1.82) is 0 Å². The molecular formula is C39H30O11. The first-order chi connectivity index (χ1) is 24.3. The Morgan fingerprint density at radius 1 is 0.740 bits per heavy atom. The fourth-order valence-corrected chi connectivity index (χ4v) is 6.82. The lowest BCUT2D eigenvalue weighted by Crippen LogP contribution is -2.31. The molecule has 4 aromatic rings. The van der Waals surface area contributed by atoms with Crippen molar-refractivity contribution < 1.29 is 53.1 Å². The van der Waals surface area contributed by atoms with Crippen LogP contribution < -0.4 is 9.47 Å². The summed E-state index contributed by atoms with van der Waals surface area (Å²) in [5, 5.41) is 9.72. The van der Waals surface area contributed by atoms with Gasteiger partial charge in [-0.2, -0.15) is 0 Å². The molecule has 2 heterocycles. The van der Waals surface area contributed by atoms with E-state index >= 15 is 0 Å². The lowest BCUT2D eigenvalue weighted by atomic mass is 9.67. The SMILES string of the molecule is O=C1CC(C2CC3C(=O)OC(=O)C3c3cc(OCOc4ccc(C(OO)c5ccc(/C=C/C(=O)c6ccccc6)cc5)cc4)ccc32)C(=O)O1. The van der Waals surface area contributed by atoms with Crippen LogP contribution in [0.2, 0.25) is 0 Å². The molecule has 5 atom stereocenters. The quantitative estimate of drug-likeness (QED) is 0.0383. The van der Waals surface area contributed by atoms with Gasteiger partial charge in [0.2, 0.25) is 6.79 Å². The minimum atomic E-state index is -0.836. The van der Waals surface area contributed by atoms with Crippen molar-refractivity contribution in [3.63, 3.8) is 0 Å². The topological polar surface area (TPSA) is 152 Å². The van der Waals surface area contributed by atoms with E-state index < -0.39 is 53.7 Å². The molecular weight excluding hydrogens is 644 g/mol. The first kappa shape index (κ1) is 32.6. The number of cyclic esters (lactones) is 4. The number of benzene rings is 4. The third-order valence-electron chi connectivity index (χ3n) is 9.31. The molecule has 2 aliphatic heterocycles. The van der Waals surface area contributed by atoms with Crippen molar-refractivity contribution in [1.82, 2.24) is 0 Å². The Balaban J connectivity index is 0.988. The van der Waals surface area contributed by atoms with Crippen molar-refractivity contribution in [2.75, 3.05) is 6.79 Å². The second-order valence-corrected chi connectivity index (χ2v) is 12.3. The van der Waals surface area contributed by atoms with Crippen molar-refractivity contribution in [2.45, 2.75) is 30.8 Å². The Labute approximate surface area is 285 Å². The molecule has 5 unspecified atom stereocenters. The molecule has 11 nitrogen and oxygen atoms in total. The maximum absolute atomic E-state index is 12.6. The molecule has 1 N–H and O–H groups in total. The van der Waals surface area contributed by atoms with Crippen molar-refractivity contribution in [2.24, 2.45) is 11.8 Å². The van der Waals surface area contributed by atoms with E-state index in [4.69, 9.17) is 23.8 Å². The standard InChI is InChI=1S/C39H30O11/c40-33(23-4-2-1-3-5-23)17-8-22-6-9-24(10-7-22)36(50-45)25-11-13-26(14-12-25)46-21-47-27-15-16-28-29(31-20-34(41)48-37(31)42)19-32-35(30(28)18-27)39(44)49-38(32)43/h1-18,29,31-32,35-36,45H,19-21H2/b17-8+. The van der Waals surface area contributed by atoms with E-state index in [1.54, 1.807) is 72.8 Å². The normalized spacial score (nSPS) is 21.7. The fraction of sp³-hybridized carbons (Fsp3) is 0.205. The highest BCUT2D eigenvalue weighted by Crippen LogP contribution is 2.51. The van der Waals surface area contributed by atoms with Gasteiger partial charge in [0.05, 0.1) is 24.2 Å². The monoisotopic (exact) mass is 674 g/mol. The van der Waals surface area contributed by atoms with E-state index in [-0.39, 0.29) is 25.4 Å². The third-order valence-corrected chi connectivity index (χ3v) is 9.31. The van der Waals surface area contributed by atoms with Crippen LogP contribution in [0, 0.1) is 11.8 Å². The number of fused-ring (bicyclic) bond motifs is 3. The van der Waals surface area contributed by atoms with Gasteiger partial charge in [0.25, 0.3) is 0 Å². The van der Waals surface area contributed by atoms with Gasteiger partial charge in [-0.1, -0.05) is 78.9 Å². The van der Waals surface area contributed by atoms with Gasteiger partial charge in [-0.3, -0.25) is 29.2 Å². The number of rotatable bonds is 11. The van der Waals surface area contributed by atoms with Gasteiger partial charge in [-0.25, -0.2) is 4.89 Å². The Bertz CT molecular complexity index is 1980. The molecule has 0 saturated carbocycles. The Kier molecular flexibility index (Phi) is 9.07. The summed E-state index contributed by atoms with van der Waals surface area (Å²) >= 11 is 0. The second-order valence-electron chi connectivity index (χ2n) is 12.3. The number of carbonyl (C=O) groups is 5. The highest BCUT2D eigenvalue weighted by molar-refractivity contribution is 6.06. The summed E-state index contributed by atoms with van der Waals surface area (Å²) in [5.41, 5.74) is 3.94. The number of carbonyl (C=O) groups excluding carboxylic acids is 5. The minimum Gasteiger partial charge on any atom is -0.458 e. The van der Waals surface area contributed by atoms with Gasteiger partial charge >= 0.3 is 23.9 Å². The summed E-state index contributed by atoms with van der Waals surface area (Å²) in [6.45, 7) is -0.190. The Hall–Kier alpha value is -5.91. The first-order valence-electron chi connectivity index (χ1n) is 16.0. The molecule has 0 aromatic heterocycles. The number of hydrogen-bond donors (Lipinski definition) is 1. The van der Waals surface area contributed by atoms with E-state index in [9.17, 15) is 29.2 Å². The molecule has 7 rings (SSSR count). The number of ether oxygens (including phenoxy) is 4. The van der Waals surface area contributed by atoms with E-state index in [1.807, 2.05) is 30.3 Å². The zero-order valence-electron chi connectivity index (χ0n) is 26.4. The summed E-state index contributed by atoms with van der Waals surface area (Å²) in [5.74, 6) is -4.68. The zero-order valence-corrected chi connectivity index (χ0v) is 26.4. The Morgan fingerprint density at radius 3 is 2.08 bits per heavy atom. The van der Waals surface area contributed by atoms with Gasteiger partial charge < -0.3 is 18.9 Å². The molecule has 0 radical (unpaired) electrons. The van der Waals surface area contributed by atoms with Crippen molar-refractivity contribution in [3.8, 4) is 11.5 Å². The third kappa shape index (κ3) is 6.56. The number of esters is 4. The average Bonchev–Trinajstić information content (AvgIpc) is 3.63. The number of allylic oxidation sites excluding steroid dienone is 1. The molecule has 4 aromatic carbocycles. The predicted octanol–water partition coefficient (Wildman–Crippen LogP) is 5.94. The largest absolute Gasteiger partial charge is 0.458 e. The molecule has 0 amide bonds. The molecule has 2 fully saturated rings. The molecule has 11 heteroatoms. The van der Waals surface area contributed by atoms with Gasteiger partial charge in [0.1, 0.15) is 17.6 Å². The summed E-state index contributed by atoms with van der Waals surface area (Å²) in [6, 6.07) is 28.1. The maximum atomic E-state index is 12.6. The van der Waals surface area contributed by atoms with Crippen LogP contribution >= 0.6 is 0 Å². The summed E-state index contributed by atoms with van der Waals surface area (Å²) < 4.78 is 21.3. The van der Waals surface area contributed by atoms with Crippen LogP contribution in [0.4, 0.5) is 0 Å². The van der Waals surface area contributed by atoms with Crippen molar-refractivity contribution >= 4 is 35.7 Å². The first-order valence-corrected chi connectivity index (χ1v) is 16.0. The molecule has 2 saturated heterocycles. The van der Waals surface area contributed by atoms with Gasteiger partial charge in [0.15, 0.2) is 5.78 Å². The molecule has 0 bridgehead atoms. The molecule has 50 heavy (non-hydrogen) atoms. The van der Waals surface area contributed by atoms with Crippen molar-refractivity contribution in [3.05, 3.63) is 137 Å². The second kappa shape index (κ2) is 13.9. The average molecular weight is 675 g/mol. The molecule has 0 spiro atoms. The fourth-order valence-electron chi connectivity index (χ4n) is 6.82. The molecule has 1 aliphatic carbocycles. The van der Waals surface area contributed by atoms with Crippen LogP contribution in [-0.2, 0) is 33.5 Å².